The van der Waals surface area contributed by atoms with Gasteiger partial charge in [0.05, 0.1) is 11.1 Å². The van der Waals surface area contributed by atoms with Crippen LogP contribution < -0.4 is 10.1 Å². The van der Waals surface area contributed by atoms with Crippen LogP contribution in [-0.2, 0) is 17.6 Å². The lowest BCUT2D eigenvalue weighted by atomic mass is 10.0. The van der Waals surface area contributed by atoms with Crippen LogP contribution in [-0.4, -0.2) is 35.0 Å². The molecule has 1 atom stereocenters. The van der Waals surface area contributed by atoms with Crippen LogP contribution in [0.3, 0.4) is 0 Å². The van der Waals surface area contributed by atoms with Gasteiger partial charge in [-0.3, -0.25) is 4.79 Å². The second kappa shape index (κ2) is 11.8. The second-order valence-corrected chi connectivity index (χ2v) is 8.28. The topological polar surface area (TPSA) is 75.6 Å². The molecule has 1 amide bonds. The van der Waals surface area contributed by atoms with Crippen molar-refractivity contribution < 1.29 is 32.6 Å². The summed E-state index contributed by atoms with van der Waals surface area (Å²) in [7, 11) is 0. The van der Waals surface area contributed by atoms with Crippen LogP contribution in [0.1, 0.15) is 35.3 Å². The Morgan fingerprint density at radius 3 is 2.35 bits per heavy atom. The maximum atomic E-state index is 13.0. The molecule has 0 fully saturated rings. The fourth-order valence-electron chi connectivity index (χ4n) is 3.25. The number of rotatable bonds is 9. The Labute approximate surface area is 200 Å². The van der Waals surface area contributed by atoms with Crippen molar-refractivity contribution in [3.8, 4) is 5.75 Å². The zero-order valence-corrected chi connectivity index (χ0v) is 18.5. The van der Waals surface area contributed by atoms with E-state index in [1.54, 1.807) is 24.3 Å². The van der Waals surface area contributed by atoms with Gasteiger partial charge in [-0.25, -0.2) is 4.79 Å². The molecule has 3 rings (SSSR count). The van der Waals surface area contributed by atoms with Crippen molar-refractivity contribution in [2.45, 2.75) is 32.7 Å². The molecular weight excluding hydrogens is 467 g/mol. The number of hydrogen-bond donors (Lipinski definition) is 2. The van der Waals surface area contributed by atoms with Gasteiger partial charge in [0, 0.05) is 5.39 Å². The van der Waals surface area contributed by atoms with E-state index in [1.165, 1.54) is 23.9 Å². The van der Waals surface area contributed by atoms with E-state index in [0.29, 0.717) is 16.7 Å². The van der Waals surface area contributed by atoms with E-state index in [-0.39, 0.29) is 31.8 Å². The normalized spacial score (nSPS) is 12.0. The first-order chi connectivity index (χ1) is 15.7. The van der Waals surface area contributed by atoms with Gasteiger partial charge in [-0.15, -0.1) is 0 Å². The molecule has 3 aromatic rings. The van der Waals surface area contributed by atoms with E-state index in [1.807, 2.05) is 18.4 Å². The van der Waals surface area contributed by atoms with Crippen LogP contribution in [0.25, 0.3) is 10.8 Å². The van der Waals surface area contributed by atoms with Gasteiger partial charge in [-0.2, -0.15) is 24.9 Å². The number of carboxylic acids is 1. The van der Waals surface area contributed by atoms with Crippen LogP contribution in [0, 0.1) is 0 Å². The van der Waals surface area contributed by atoms with Gasteiger partial charge >= 0.3 is 12.1 Å². The zero-order chi connectivity index (χ0) is 24.0. The Morgan fingerprint density at radius 1 is 1.06 bits per heavy atom. The maximum absolute atomic E-state index is 13.0. The summed E-state index contributed by atoms with van der Waals surface area (Å²) in [6.45, 7) is -0.0682. The summed E-state index contributed by atoms with van der Waals surface area (Å²) in [6.07, 6.45) is -2.33. The van der Waals surface area contributed by atoms with Gasteiger partial charge in [0.15, 0.2) is 0 Å². The molecule has 0 saturated carbocycles. The van der Waals surface area contributed by atoms with E-state index < -0.39 is 29.7 Å². The Kier molecular flexibility index (Phi) is 9.37. The summed E-state index contributed by atoms with van der Waals surface area (Å²) in [6, 6.07) is 14.0. The number of carbonyl (C=O) groups excluding carboxylic acids is 1. The third-order valence-corrected chi connectivity index (χ3v) is 5.65. The Balaban J connectivity index is 0.00000408. The van der Waals surface area contributed by atoms with Gasteiger partial charge in [0.25, 0.3) is 5.91 Å². The minimum Gasteiger partial charge on any atom is -0.487 e. The molecule has 0 heterocycles. The monoisotopic (exact) mass is 493 g/mol. The van der Waals surface area contributed by atoms with E-state index in [2.05, 4.69) is 5.32 Å². The predicted molar refractivity (Wildman–Crippen MR) is 128 cm³/mol. The van der Waals surface area contributed by atoms with Gasteiger partial charge < -0.3 is 15.2 Å². The van der Waals surface area contributed by atoms with Gasteiger partial charge in [-0.1, -0.05) is 49.9 Å². The Morgan fingerprint density at radius 2 is 1.74 bits per heavy atom. The van der Waals surface area contributed by atoms with Gasteiger partial charge in [0.1, 0.15) is 18.4 Å². The standard InChI is InChI=1S/C24H22F3NO4S.CH4/c1-33-13-12-20(23(30)31)28-22(29)19-11-8-16-4-2-3-5-18(16)21(19)32-14-15-6-9-17(10-7-15)24(25,26)27;/h2-11,20H,12-14H2,1H3,(H,28,29)(H,30,31);1H4/t20-;/m0./s1. The lowest BCUT2D eigenvalue weighted by molar-refractivity contribution is -0.139. The van der Waals surface area contributed by atoms with Crippen LogP contribution in [0.15, 0.2) is 60.7 Å². The highest BCUT2D eigenvalue weighted by atomic mass is 32.2. The first kappa shape index (κ1) is 27.0. The molecule has 0 aliphatic heterocycles. The van der Waals surface area contributed by atoms with Crippen molar-refractivity contribution in [2.75, 3.05) is 12.0 Å². The van der Waals surface area contributed by atoms with Crippen molar-refractivity contribution >= 4 is 34.4 Å². The molecule has 0 aliphatic carbocycles. The largest absolute Gasteiger partial charge is 0.487 e. The Hall–Kier alpha value is -3.20. The molecule has 182 valence electrons. The minimum atomic E-state index is -4.43. The number of nitrogens with one attached hydrogen (secondary N) is 1. The molecule has 0 spiro atoms. The number of benzene rings is 3. The second-order valence-electron chi connectivity index (χ2n) is 7.29. The highest BCUT2D eigenvalue weighted by molar-refractivity contribution is 7.98. The molecular formula is C25H26F3NO4S. The summed E-state index contributed by atoms with van der Waals surface area (Å²) in [5.74, 6) is -0.937. The van der Waals surface area contributed by atoms with E-state index >= 15 is 0 Å². The number of carbonyl (C=O) groups is 2. The number of alkyl halides is 3. The quantitative estimate of drug-likeness (QED) is 0.382. The van der Waals surface area contributed by atoms with Crippen LogP contribution in [0.5, 0.6) is 5.75 Å². The molecule has 3 aromatic carbocycles. The highest BCUT2D eigenvalue weighted by Gasteiger charge is 2.30. The summed E-state index contributed by atoms with van der Waals surface area (Å²) in [4.78, 5) is 24.5. The smallest absolute Gasteiger partial charge is 0.416 e. The number of amides is 1. The van der Waals surface area contributed by atoms with Crippen molar-refractivity contribution in [3.63, 3.8) is 0 Å². The van der Waals surface area contributed by atoms with Crippen molar-refractivity contribution in [1.29, 1.82) is 0 Å². The first-order valence-electron chi connectivity index (χ1n) is 10.0. The molecule has 34 heavy (non-hydrogen) atoms. The lowest BCUT2D eigenvalue weighted by Gasteiger charge is -2.18. The van der Waals surface area contributed by atoms with Gasteiger partial charge in [-0.05, 0) is 47.6 Å². The van der Waals surface area contributed by atoms with Gasteiger partial charge in [0.2, 0.25) is 0 Å². The third kappa shape index (κ3) is 6.66. The Bertz CT molecular complexity index is 1130. The van der Waals surface area contributed by atoms with E-state index in [4.69, 9.17) is 4.74 Å². The fourth-order valence-corrected chi connectivity index (χ4v) is 3.72. The summed E-state index contributed by atoms with van der Waals surface area (Å²) in [5, 5.41) is 13.4. The average molecular weight is 494 g/mol. The molecule has 0 bridgehead atoms. The molecule has 0 saturated heterocycles. The first-order valence-corrected chi connectivity index (χ1v) is 11.4. The number of halogens is 3. The molecule has 5 nitrogen and oxygen atoms in total. The molecule has 0 radical (unpaired) electrons. The maximum Gasteiger partial charge on any atom is 0.416 e. The summed E-state index contributed by atoms with van der Waals surface area (Å²) in [5.41, 5.74) is -0.122. The fraction of sp³-hybridized carbons (Fsp3) is 0.280. The van der Waals surface area contributed by atoms with Crippen molar-refractivity contribution in [2.24, 2.45) is 0 Å². The average Bonchev–Trinajstić information content (AvgIpc) is 2.79. The number of aliphatic carboxylic acids is 1. The molecule has 2 N–H and O–H groups in total. The zero-order valence-electron chi connectivity index (χ0n) is 17.7. The molecule has 0 aliphatic rings. The predicted octanol–water partition coefficient (Wildman–Crippen LogP) is 6.01. The molecule has 0 aromatic heterocycles. The minimum absolute atomic E-state index is 0. The van der Waals surface area contributed by atoms with Crippen molar-refractivity contribution in [1.82, 2.24) is 5.32 Å². The molecule has 9 heteroatoms. The summed E-state index contributed by atoms with van der Waals surface area (Å²) < 4.78 is 44.3. The lowest BCUT2D eigenvalue weighted by Crippen LogP contribution is -2.41. The number of fused-ring (bicyclic) bond motifs is 1. The van der Waals surface area contributed by atoms with Crippen LogP contribution in [0.2, 0.25) is 0 Å². The number of ether oxygens (including phenoxy) is 1. The van der Waals surface area contributed by atoms with E-state index in [0.717, 1.165) is 17.5 Å². The van der Waals surface area contributed by atoms with E-state index in [9.17, 15) is 27.9 Å². The number of carboxylic acid groups (broad SMARTS) is 1. The molecule has 0 unspecified atom stereocenters. The number of hydrogen-bond acceptors (Lipinski definition) is 4. The SMILES string of the molecule is C.CSCC[C@H](NC(=O)c1ccc2ccccc2c1OCc1ccc(C(F)(F)F)cc1)C(=O)O. The third-order valence-electron chi connectivity index (χ3n) is 5.00. The van der Waals surface area contributed by atoms with Crippen LogP contribution >= 0.6 is 11.8 Å². The highest BCUT2D eigenvalue weighted by Crippen LogP contribution is 2.32. The summed E-state index contributed by atoms with van der Waals surface area (Å²) >= 11 is 1.47. The number of thioether (sulfide) groups is 1. The van der Waals surface area contributed by atoms with Crippen LogP contribution in [0.4, 0.5) is 13.2 Å². The van der Waals surface area contributed by atoms with Crippen molar-refractivity contribution in [3.05, 3.63) is 77.4 Å².